The summed E-state index contributed by atoms with van der Waals surface area (Å²) in [5.41, 5.74) is 0.751. The van der Waals surface area contributed by atoms with E-state index in [1.165, 1.54) is 0 Å². The molecule has 0 bridgehead atoms. The minimum Gasteiger partial charge on any atom is -0.478 e. The molecule has 0 amide bonds. The lowest BCUT2D eigenvalue weighted by atomic mass is 9.89. The zero-order valence-electron chi connectivity index (χ0n) is 11.9. The molecule has 1 N–H and O–H groups in total. The Morgan fingerprint density at radius 2 is 1.43 bits per heavy atom. The van der Waals surface area contributed by atoms with Crippen molar-refractivity contribution in [2.24, 2.45) is 0 Å². The molecule has 4 heteroatoms. The normalized spacial score (nSPS) is 11.3. The van der Waals surface area contributed by atoms with Crippen LogP contribution in [0.2, 0.25) is 0 Å². The molecule has 0 unspecified atom stereocenters. The fourth-order valence-electron chi connectivity index (χ4n) is 3.34. The van der Waals surface area contributed by atoms with Crippen LogP contribution in [0.15, 0.2) is 42.5 Å². The Morgan fingerprint density at radius 1 is 0.826 bits per heavy atom. The van der Waals surface area contributed by atoms with Gasteiger partial charge in [-0.05, 0) is 50.5 Å². The average molecular weight is 302 g/mol. The second-order valence-electron chi connectivity index (χ2n) is 5.50. The van der Waals surface area contributed by atoms with Gasteiger partial charge in [0, 0.05) is 11.1 Å². The quantitative estimate of drug-likeness (QED) is 0.460. The highest BCUT2D eigenvalue weighted by Gasteiger charge is 2.18. The number of hydrogen-bond acceptors (Lipinski definition) is 3. The van der Waals surface area contributed by atoms with Crippen LogP contribution >= 0.6 is 0 Å². The molecule has 110 valence electrons. The largest absolute Gasteiger partial charge is 0.478 e. The molecule has 0 aliphatic carbocycles. The summed E-state index contributed by atoms with van der Waals surface area (Å²) in [5.74, 6) is -1.13. The van der Waals surface area contributed by atoms with Crippen molar-refractivity contribution in [3.05, 3.63) is 59.2 Å². The molecule has 4 rings (SSSR count). The molecular formula is C19H10O4. The van der Waals surface area contributed by atoms with Gasteiger partial charge < -0.3 is 5.11 Å². The van der Waals surface area contributed by atoms with Gasteiger partial charge >= 0.3 is 5.97 Å². The van der Waals surface area contributed by atoms with Gasteiger partial charge in [0.2, 0.25) is 0 Å². The predicted octanol–water partition coefficient (Wildman–Crippen LogP) is 3.91. The van der Waals surface area contributed by atoms with Crippen molar-refractivity contribution in [1.29, 1.82) is 0 Å². The van der Waals surface area contributed by atoms with Gasteiger partial charge in [0.05, 0.1) is 5.56 Å². The van der Waals surface area contributed by atoms with Crippen LogP contribution in [0.3, 0.4) is 0 Å². The number of aldehydes is 2. The molecule has 0 fully saturated rings. The van der Waals surface area contributed by atoms with E-state index in [2.05, 4.69) is 0 Å². The van der Waals surface area contributed by atoms with Crippen LogP contribution in [-0.2, 0) is 0 Å². The van der Waals surface area contributed by atoms with E-state index < -0.39 is 5.97 Å². The van der Waals surface area contributed by atoms with Crippen LogP contribution in [0, 0.1) is 0 Å². The molecule has 0 radical (unpaired) electrons. The smallest absolute Gasteiger partial charge is 0.337 e. The van der Waals surface area contributed by atoms with Gasteiger partial charge in [-0.1, -0.05) is 24.3 Å². The lowest BCUT2D eigenvalue weighted by Crippen LogP contribution is -2.04. The molecule has 0 aliphatic heterocycles. The maximum absolute atomic E-state index is 11.6. The fourth-order valence-corrected chi connectivity index (χ4v) is 3.34. The Morgan fingerprint density at radius 3 is 2.00 bits per heavy atom. The maximum atomic E-state index is 11.6. The van der Waals surface area contributed by atoms with E-state index in [9.17, 15) is 19.5 Å². The molecule has 0 aliphatic rings. The van der Waals surface area contributed by atoms with E-state index in [1.54, 1.807) is 30.3 Å². The van der Waals surface area contributed by atoms with Gasteiger partial charge in [-0.2, -0.15) is 0 Å². The summed E-state index contributed by atoms with van der Waals surface area (Å²) in [4.78, 5) is 34.0. The van der Waals surface area contributed by atoms with E-state index in [-0.39, 0.29) is 11.1 Å². The zero-order valence-corrected chi connectivity index (χ0v) is 11.9. The molecule has 4 nitrogen and oxygen atoms in total. The number of rotatable bonds is 3. The Kier molecular flexibility index (Phi) is 2.69. The van der Waals surface area contributed by atoms with Crippen molar-refractivity contribution in [1.82, 2.24) is 0 Å². The second-order valence-corrected chi connectivity index (χ2v) is 5.50. The van der Waals surface area contributed by atoms with Crippen molar-refractivity contribution in [3.8, 4) is 0 Å². The minimum absolute atomic E-state index is 0.0152. The Labute approximate surface area is 130 Å². The van der Waals surface area contributed by atoms with Crippen LogP contribution < -0.4 is 0 Å². The van der Waals surface area contributed by atoms with E-state index in [1.807, 2.05) is 12.1 Å². The summed E-state index contributed by atoms with van der Waals surface area (Å²) >= 11 is 0. The van der Waals surface area contributed by atoms with Crippen LogP contribution in [0.4, 0.5) is 0 Å². The van der Waals surface area contributed by atoms with Gasteiger partial charge in [0.25, 0.3) is 0 Å². The van der Waals surface area contributed by atoms with E-state index in [0.717, 1.165) is 33.2 Å². The third-order valence-corrected chi connectivity index (χ3v) is 4.25. The topological polar surface area (TPSA) is 71.4 Å². The Balaban J connectivity index is 2.32. The Bertz CT molecular complexity index is 1110. The van der Waals surface area contributed by atoms with Crippen LogP contribution in [0.5, 0.6) is 0 Å². The van der Waals surface area contributed by atoms with E-state index in [4.69, 9.17) is 0 Å². The number of hydrogen-bond donors (Lipinski definition) is 1. The molecule has 0 spiro atoms. The monoisotopic (exact) mass is 302 g/mol. The minimum atomic E-state index is -1.13. The number of aromatic carboxylic acids is 1. The SMILES string of the molecule is O=Cc1cc2ccc3cc(C=O)c(C(=O)O)c4ccc(c1)c2c34. The summed E-state index contributed by atoms with van der Waals surface area (Å²) in [6.45, 7) is 0. The summed E-state index contributed by atoms with van der Waals surface area (Å²) in [5, 5.41) is 14.3. The van der Waals surface area contributed by atoms with Crippen molar-refractivity contribution in [2.45, 2.75) is 0 Å². The van der Waals surface area contributed by atoms with Crippen LogP contribution in [-0.4, -0.2) is 23.6 Å². The summed E-state index contributed by atoms with van der Waals surface area (Å²) < 4.78 is 0. The average Bonchev–Trinajstić information content (AvgIpc) is 2.57. The number of carboxylic acids is 1. The first-order valence-electron chi connectivity index (χ1n) is 7.03. The van der Waals surface area contributed by atoms with Gasteiger partial charge in [-0.15, -0.1) is 0 Å². The third kappa shape index (κ3) is 1.75. The summed E-state index contributed by atoms with van der Waals surface area (Å²) in [6.07, 6.45) is 1.37. The molecule has 23 heavy (non-hydrogen) atoms. The standard InChI is InChI=1S/C19H10O4/c20-8-10-5-11-1-2-13-7-14(9-21)18(19(22)23)15-4-3-12(6-10)16(11)17(13)15/h1-9H,(H,22,23). The first-order chi connectivity index (χ1) is 11.1. The highest BCUT2D eigenvalue weighted by Crippen LogP contribution is 2.37. The summed E-state index contributed by atoms with van der Waals surface area (Å²) in [7, 11) is 0. The Hall–Kier alpha value is -3.27. The molecule has 4 aromatic carbocycles. The third-order valence-electron chi connectivity index (χ3n) is 4.25. The molecule has 0 saturated heterocycles. The van der Waals surface area contributed by atoms with Crippen molar-refractivity contribution in [3.63, 3.8) is 0 Å². The first kappa shape index (κ1) is 13.4. The molecule has 0 heterocycles. The predicted molar refractivity (Wildman–Crippen MR) is 87.9 cm³/mol. The van der Waals surface area contributed by atoms with Crippen LogP contribution in [0.25, 0.3) is 32.3 Å². The molecule has 0 saturated carbocycles. The number of carboxylic acid groups (broad SMARTS) is 1. The zero-order chi connectivity index (χ0) is 16.1. The van der Waals surface area contributed by atoms with Gasteiger partial charge in [0.1, 0.15) is 6.29 Å². The maximum Gasteiger partial charge on any atom is 0.337 e. The van der Waals surface area contributed by atoms with Gasteiger partial charge in [-0.25, -0.2) is 4.79 Å². The number of carbonyl (C=O) groups is 3. The number of benzene rings is 4. The van der Waals surface area contributed by atoms with E-state index in [0.29, 0.717) is 17.2 Å². The van der Waals surface area contributed by atoms with Crippen molar-refractivity contribution < 1.29 is 19.5 Å². The highest BCUT2D eigenvalue weighted by molar-refractivity contribution is 6.27. The lowest BCUT2D eigenvalue weighted by molar-refractivity contribution is 0.0696. The summed E-state index contributed by atoms with van der Waals surface area (Å²) in [6, 6.07) is 12.4. The molecular weight excluding hydrogens is 292 g/mol. The van der Waals surface area contributed by atoms with Crippen LogP contribution in [0.1, 0.15) is 31.1 Å². The molecule has 4 aromatic rings. The lowest BCUT2D eigenvalue weighted by Gasteiger charge is -2.14. The fraction of sp³-hybridized carbons (Fsp3) is 0. The molecule has 0 aromatic heterocycles. The van der Waals surface area contributed by atoms with Crippen molar-refractivity contribution in [2.75, 3.05) is 0 Å². The van der Waals surface area contributed by atoms with Gasteiger partial charge in [0.15, 0.2) is 6.29 Å². The van der Waals surface area contributed by atoms with E-state index >= 15 is 0 Å². The molecule has 0 atom stereocenters. The first-order valence-corrected chi connectivity index (χ1v) is 7.03. The second kappa shape index (κ2) is 4.61. The highest BCUT2D eigenvalue weighted by atomic mass is 16.4. The van der Waals surface area contributed by atoms with Crippen molar-refractivity contribution >= 4 is 50.9 Å². The number of carbonyl (C=O) groups excluding carboxylic acids is 2. The van der Waals surface area contributed by atoms with Gasteiger partial charge in [-0.3, -0.25) is 9.59 Å².